The van der Waals surface area contributed by atoms with Crippen LogP contribution in [-0.4, -0.2) is 114 Å². The Labute approximate surface area is 278 Å². The van der Waals surface area contributed by atoms with Gasteiger partial charge in [-0.15, -0.1) is 0 Å². The van der Waals surface area contributed by atoms with Crippen molar-refractivity contribution in [2.75, 3.05) is 67.4 Å². The summed E-state index contributed by atoms with van der Waals surface area (Å²) >= 11 is 0. The van der Waals surface area contributed by atoms with E-state index in [4.69, 9.17) is 18.9 Å². The number of rotatable bonds is 10. The molecule has 3 aromatic rings. The molecule has 0 bridgehead atoms. The van der Waals surface area contributed by atoms with Crippen molar-refractivity contribution in [2.45, 2.75) is 4.90 Å². The molecule has 0 spiro atoms. The van der Waals surface area contributed by atoms with Crippen LogP contribution in [0.2, 0.25) is 0 Å². The molecule has 0 aromatic heterocycles. The highest BCUT2D eigenvalue weighted by Gasteiger charge is 2.45. The SMILES string of the molecule is COc1ccc(C2=C(c3ccc(OC)c(OC)c3)C(=O)N(C(=O)N3CCN(CC(=O)c4ccc(S(C)(=O)=O)cc4)CC3)C2=O)cc1OC. The maximum Gasteiger partial charge on any atom is 0.334 e. The van der Waals surface area contributed by atoms with Crippen molar-refractivity contribution < 1.29 is 46.5 Å². The largest absolute Gasteiger partial charge is 0.493 e. The van der Waals surface area contributed by atoms with Gasteiger partial charge in [-0.25, -0.2) is 13.2 Å². The molecular formula is C34H35N3O10S. The van der Waals surface area contributed by atoms with E-state index in [1.165, 1.54) is 57.6 Å². The Morgan fingerprint density at radius 3 is 1.54 bits per heavy atom. The van der Waals surface area contributed by atoms with Crippen LogP contribution in [0.4, 0.5) is 4.79 Å². The minimum absolute atomic E-state index is 0.00708. The van der Waals surface area contributed by atoms with E-state index >= 15 is 0 Å². The Hall–Kier alpha value is -5.21. The standard InChI is InChI=1S/C34H35N3O10S/c1-44-26-12-8-22(18-28(26)46-3)30-31(23-9-13-27(45-2)29(19-23)47-4)33(40)37(32(30)39)34(41)36-16-14-35(15-17-36)20-25(38)21-6-10-24(11-7-21)48(5,42)43/h6-13,18-19H,14-17,20H2,1-5H3. The number of piperazine rings is 1. The van der Waals surface area contributed by atoms with E-state index < -0.39 is 27.7 Å². The van der Waals surface area contributed by atoms with Gasteiger partial charge >= 0.3 is 6.03 Å². The summed E-state index contributed by atoms with van der Waals surface area (Å²) in [7, 11) is 2.46. The molecule has 1 saturated heterocycles. The molecule has 2 aliphatic heterocycles. The summed E-state index contributed by atoms with van der Waals surface area (Å²) in [6.07, 6.45) is 1.10. The smallest absolute Gasteiger partial charge is 0.334 e. The first-order valence-corrected chi connectivity index (χ1v) is 16.7. The number of ketones is 1. The van der Waals surface area contributed by atoms with Crippen LogP contribution in [0.25, 0.3) is 11.1 Å². The molecule has 0 aliphatic carbocycles. The summed E-state index contributed by atoms with van der Waals surface area (Å²) in [4.78, 5) is 58.8. The summed E-state index contributed by atoms with van der Waals surface area (Å²) in [5.74, 6) is -0.298. The molecule has 0 unspecified atom stereocenters. The lowest BCUT2D eigenvalue weighted by molar-refractivity contribution is -0.133. The summed E-state index contributed by atoms with van der Waals surface area (Å²) < 4.78 is 45.0. The van der Waals surface area contributed by atoms with Crippen LogP contribution >= 0.6 is 0 Å². The van der Waals surface area contributed by atoms with E-state index in [2.05, 4.69) is 0 Å². The van der Waals surface area contributed by atoms with E-state index in [1.807, 2.05) is 4.90 Å². The summed E-state index contributed by atoms with van der Waals surface area (Å²) in [5, 5.41) is 0. The topological polar surface area (TPSA) is 149 Å². The predicted octanol–water partition coefficient (Wildman–Crippen LogP) is 3.02. The highest BCUT2D eigenvalue weighted by atomic mass is 32.2. The maximum atomic E-state index is 14.0. The highest BCUT2D eigenvalue weighted by Crippen LogP contribution is 2.41. The molecule has 252 valence electrons. The zero-order valence-corrected chi connectivity index (χ0v) is 28.0. The van der Waals surface area contributed by atoms with Crippen LogP contribution in [0, 0.1) is 0 Å². The van der Waals surface area contributed by atoms with Crippen LogP contribution in [0.15, 0.2) is 65.6 Å². The molecule has 2 heterocycles. The van der Waals surface area contributed by atoms with Crippen LogP contribution in [0.3, 0.4) is 0 Å². The second kappa shape index (κ2) is 13.9. The number of carbonyl (C=O) groups excluding carboxylic acids is 4. The molecule has 4 amide bonds. The number of sulfone groups is 1. The van der Waals surface area contributed by atoms with E-state index in [0.717, 1.165) is 6.26 Å². The minimum atomic E-state index is -3.39. The average molecular weight is 678 g/mol. The fourth-order valence-corrected chi connectivity index (χ4v) is 6.27. The van der Waals surface area contributed by atoms with Gasteiger partial charge in [-0.1, -0.05) is 24.3 Å². The third-order valence-corrected chi connectivity index (χ3v) is 9.36. The molecule has 0 radical (unpaired) electrons. The number of benzene rings is 3. The molecule has 1 fully saturated rings. The van der Waals surface area contributed by atoms with Crippen molar-refractivity contribution in [1.82, 2.24) is 14.7 Å². The number of hydrogen-bond donors (Lipinski definition) is 0. The number of nitrogens with zero attached hydrogens (tertiary/aromatic N) is 3. The minimum Gasteiger partial charge on any atom is -0.493 e. The van der Waals surface area contributed by atoms with Crippen LogP contribution < -0.4 is 18.9 Å². The maximum absolute atomic E-state index is 14.0. The zero-order valence-electron chi connectivity index (χ0n) is 27.1. The van der Waals surface area contributed by atoms with E-state index in [0.29, 0.717) is 57.7 Å². The van der Waals surface area contributed by atoms with Gasteiger partial charge in [0.2, 0.25) is 0 Å². The van der Waals surface area contributed by atoms with Gasteiger partial charge in [-0.2, -0.15) is 4.90 Å². The molecule has 13 nitrogen and oxygen atoms in total. The van der Waals surface area contributed by atoms with Gasteiger partial charge in [0.05, 0.1) is 51.0 Å². The van der Waals surface area contributed by atoms with Gasteiger partial charge in [0.25, 0.3) is 11.8 Å². The molecule has 2 aliphatic rings. The Bertz CT molecular complexity index is 1840. The Morgan fingerprint density at radius 1 is 0.667 bits per heavy atom. The molecule has 5 rings (SSSR count). The summed E-state index contributed by atoms with van der Waals surface area (Å²) in [6, 6.07) is 14.5. The van der Waals surface area contributed by atoms with E-state index in [1.54, 1.807) is 36.4 Å². The highest BCUT2D eigenvalue weighted by molar-refractivity contribution is 7.90. The summed E-state index contributed by atoms with van der Waals surface area (Å²) in [5.41, 5.74) is 1.07. The first-order valence-electron chi connectivity index (χ1n) is 14.8. The van der Waals surface area contributed by atoms with Gasteiger partial charge in [-0.05, 0) is 47.5 Å². The van der Waals surface area contributed by atoms with Crippen molar-refractivity contribution in [3.8, 4) is 23.0 Å². The molecule has 0 N–H and O–H groups in total. The molecule has 3 aromatic carbocycles. The lowest BCUT2D eigenvalue weighted by Gasteiger charge is -2.35. The third kappa shape index (κ3) is 6.62. The van der Waals surface area contributed by atoms with Crippen LogP contribution in [0.5, 0.6) is 23.0 Å². The second-order valence-corrected chi connectivity index (χ2v) is 13.1. The summed E-state index contributed by atoms with van der Waals surface area (Å²) in [6.45, 7) is 0.999. The Morgan fingerprint density at radius 2 is 1.12 bits per heavy atom. The molecule has 48 heavy (non-hydrogen) atoms. The second-order valence-electron chi connectivity index (χ2n) is 11.1. The number of urea groups is 1. The van der Waals surface area contributed by atoms with Gasteiger partial charge in [0, 0.05) is 38.0 Å². The number of hydrogen-bond acceptors (Lipinski definition) is 11. The normalized spacial score (nSPS) is 15.5. The lowest BCUT2D eigenvalue weighted by Crippen LogP contribution is -2.55. The van der Waals surface area contributed by atoms with Crippen molar-refractivity contribution in [1.29, 1.82) is 0 Å². The van der Waals surface area contributed by atoms with Gasteiger partial charge < -0.3 is 23.8 Å². The quantitative estimate of drug-likeness (QED) is 0.230. The number of Topliss-reactive ketones (excluding diaryl/α,β-unsaturated/α-hetero) is 1. The van der Waals surface area contributed by atoms with E-state index in [-0.39, 0.29) is 41.5 Å². The van der Waals surface area contributed by atoms with Gasteiger partial charge in [-0.3, -0.25) is 19.3 Å². The number of carbonyl (C=O) groups is 4. The zero-order chi connectivity index (χ0) is 34.7. The Balaban J connectivity index is 1.37. The predicted molar refractivity (Wildman–Crippen MR) is 175 cm³/mol. The average Bonchev–Trinajstić information content (AvgIpc) is 3.36. The van der Waals surface area contributed by atoms with Crippen molar-refractivity contribution in [3.63, 3.8) is 0 Å². The molecule has 0 atom stereocenters. The first-order chi connectivity index (χ1) is 22.9. The lowest BCUT2D eigenvalue weighted by atomic mass is 9.95. The number of amides is 4. The van der Waals surface area contributed by atoms with E-state index in [9.17, 15) is 27.6 Å². The number of ether oxygens (including phenoxy) is 4. The van der Waals surface area contributed by atoms with Gasteiger partial charge in [0.15, 0.2) is 38.6 Å². The fraction of sp³-hybridized carbons (Fsp3) is 0.294. The third-order valence-electron chi connectivity index (χ3n) is 8.23. The van der Waals surface area contributed by atoms with Crippen LogP contribution in [-0.2, 0) is 19.4 Å². The number of methoxy groups -OCH3 is 4. The molecule has 14 heteroatoms. The first kappa shape index (κ1) is 34.1. The fourth-order valence-electron chi connectivity index (χ4n) is 5.64. The van der Waals surface area contributed by atoms with Crippen LogP contribution in [0.1, 0.15) is 21.5 Å². The van der Waals surface area contributed by atoms with Crippen molar-refractivity contribution >= 4 is 44.6 Å². The van der Waals surface area contributed by atoms with Crippen molar-refractivity contribution in [2.24, 2.45) is 0 Å². The molecular weight excluding hydrogens is 642 g/mol. The number of imide groups is 3. The monoisotopic (exact) mass is 677 g/mol. The molecule has 0 saturated carbocycles. The van der Waals surface area contributed by atoms with Crippen molar-refractivity contribution in [3.05, 3.63) is 77.4 Å². The van der Waals surface area contributed by atoms with Gasteiger partial charge in [0.1, 0.15) is 0 Å². The Kier molecular flexibility index (Phi) is 9.87.